The van der Waals surface area contributed by atoms with Gasteiger partial charge < -0.3 is 9.80 Å². The molecule has 4 rings (SSSR count). The summed E-state index contributed by atoms with van der Waals surface area (Å²) in [5.41, 5.74) is -0.730. The Kier molecular flexibility index (Phi) is 3.94. The van der Waals surface area contributed by atoms with Gasteiger partial charge in [0.1, 0.15) is 5.82 Å². The van der Waals surface area contributed by atoms with E-state index in [1.165, 1.54) is 6.07 Å². The van der Waals surface area contributed by atoms with Gasteiger partial charge in [0.15, 0.2) is 0 Å². The van der Waals surface area contributed by atoms with Crippen molar-refractivity contribution < 1.29 is 13.2 Å². The van der Waals surface area contributed by atoms with Gasteiger partial charge in [-0.25, -0.2) is 15.0 Å². The van der Waals surface area contributed by atoms with Gasteiger partial charge >= 0.3 is 6.18 Å². The lowest BCUT2D eigenvalue weighted by atomic mass is 10.1. The van der Waals surface area contributed by atoms with Crippen LogP contribution in [0.3, 0.4) is 0 Å². The number of alkyl halides is 3. The molecular weight excluding hydrogens is 355 g/mol. The first-order valence-electron chi connectivity index (χ1n) is 7.94. The number of rotatable bonds is 2. The molecule has 2 aliphatic heterocycles. The van der Waals surface area contributed by atoms with Gasteiger partial charge in [-0.3, -0.25) is 0 Å². The normalized spacial score (nSPS) is 23.2. The molecule has 2 atom stereocenters. The Hall–Kier alpha value is -2.09. The molecule has 0 saturated carbocycles. The van der Waals surface area contributed by atoms with E-state index in [1.54, 1.807) is 12.4 Å². The molecule has 4 heterocycles. The smallest absolute Gasteiger partial charge is 0.354 e. The van der Waals surface area contributed by atoms with Crippen molar-refractivity contribution in [2.24, 2.45) is 5.92 Å². The number of fused-ring (bicyclic) bond motifs is 1. The predicted molar refractivity (Wildman–Crippen MR) is 87.7 cm³/mol. The molecule has 0 spiro atoms. The number of halogens is 4. The highest BCUT2D eigenvalue weighted by molar-refractivity contribution is 6.30. The van der Waals surface area contributed by atoms with Crippen molar-refractivity contribution in [3.05, 3.63) is 41.3 Å². The second kappa shape index (κ2) is 6.01. The van der Waals surface area contributed by atoms with Crippen LogP contribution in [-0.2, 0) is 6.18 Å². The third kappa shape index (κ3) is 3.10. The molecule has 2 unspecified atom stereocenters. The van der Waals surface area contributed by atoms with Crippen molar-refractivity contribution in [2.75, 3.05) is 29.4 Å². The fraction of sp³-hybridized carbons (Fsp3) is 0.438. The van der Waals surface area contributed by atoms with Crippen molar-refractivity contribution in [1.29, 1.82) is 0 Å². The number of pyridine rings is 1. The second-order valence-corrected chi connectivity index (χ2v) is 6.76. The topological polar surface area (TPSA) is 45.2 Å². The lowest BCUT2D eigenvalue weighted by Gasteiger charge is -2.25. The zero-order valence-corrected chi connectivity index (χ0v) is 13.9. The highest BCUT2D eigenvalue weighted by Gasteiger charge is 2.43. The summed E-state index contributed by atoms with van der Waals surface area (Å²) in [6, 6.07) is 2.74. The second-order valence-electron chi connectivity index (χ2n) is 6.32. The summed E-state index contributed by atoms with van der Waals surface area (Å²) in [5.74, 6) is 1.63. The molecule has 25 heavy (non-hydrogen) atoms. The molecule has 9 heteroatoms. The maximum Gasteiger partial charge on any atom is 0.417 e. The lowest BCUT2D eigenvalue weighted by Crippen LogP contribution is -2.36. The maximum absolute atomic E-state index is 12.7. The van der Waals surface area contributed by atoms with E-state index < -0.39 is 11.7 Å². The Bertz CT molecular complexity index is 750. The SMILES string of the molecule is FC(F)(F)c1ccc(N2CC3CCN(c4ncc(Cl)cn4)C3C2)nc1. The standard InChI is InChI=1S/C16H15ClF3N5/c17-12-6-22-15(23-7-12)25-4-3-10-8-24(9-13(10)25)14-2-1-11(5-21-14)16(18,19)20/h1-2,5-7,10,13H,3-4,8-9H2. The Labute approximate surface area is 147 Å². The van der Waals surface area contributed by atoms with Crippen molar-refractivity contribution in [2.45, 2.75) is 18.6 Å². The summed E-state index contributed by atoms with van der Waals surface area (Å²) >= 11 is 5.84. The summed E-state index contributed by atoms with van der Waals surface area (Å²) in [6.07, 6.45) is 0.662. The lowest BCUT2D eigenvalue weighted by molar-refractivity contribution is -0.137. The molecule has 2 saturated heterocycles. The van der Waals surface area contributed by atoms with Crippen LogP contribution in [0.2, 0.25) is 5.02 Å². The van der Waals surface area contributed by atoms with E-state index in [9.17, 15) is 13.2 Å². The average Bonchev–Trinajstić information content (AvgIpc) is 3.16. The van der Waals surface area contributed by atoms with E-state index in [0.29, 0.717) is 29.3 Å². The van der Waals surface area contributed by atoms with E-state index in [0.717, 1.165) is 31.8 Å². The first kappa shape index (κ1) is 16.4. The number of hydrogen-bond donors (Lipinski definition) is 0. The quantitative estimate of drug-likeness (QED) is 0.813. The Balaban J connectivity index is 1.50. The average molecular weight is 370 g/mol. The first-order valence-corrected chi connectivity index (χ1v) is 8.32. The summed E-state index contributed by atoms with van der Waals surface area (Å²) in [6.45, 7) is 2.33. The maximum atomic E-state index is 12.7. The molecule has 2 aromatic heterocycles. The van der Waals surface area contributed by atoms with Gasteiger partial charge in [0, 0.05) is 31.7 Å². The predicted octanol–water partition coefficient (Wildman–Crippen LogP) is 3.26. The molecule has 0 bridgehead atoms. The molecule has 132 valence electrons. The van der Waals surface area contributed by atoms with E-state index in [-0.39, 0.29) is 6.04 Å². The van der Waals surface area contributed by atoms with Crippen molar-refractivity contribution in [3.63, 3.8) is 0 Å². The van der Waals surface area contributed by atoms with Crippen molar-refractivity contribution >= 4 is 23.4 Å². The molecule has 5 nitrogen and oxygen atoms in total. The molecule has 0 aromatic carbocycles. The first-order chi connectivity index (χ1) is 11.9. The molecule has 0 N–H and O–H groups in total. The van der Waals surface area contributed by atoms with Gasteiger partial charge in [-0.1, -0.05) is 11.6 Å². The number of anilines is 2. The largest absolute Gasteiger partial charge is 0.417 e. The highest BCUT2D eigenvalue weighted by atomic mass is 35.5. The minimum absolute atomic E-state index is 0.227. The summed E-state index contributed by atoms with van der Waals surface area (Å²) in [4.78, 5) is 16.7. The van der Waals surface area contributed by atoms with Crippen LogP contribution in [0.1, 0.15) is 12.0 Å². The van der Waals surface area contributed by atoms with Crippen LogP contribution >= 0.6 is 11.6 Å². The van der Waals surface area contributed by atoms with E-state index in [1.807, 2.05) is 4.90 Å². The molecule has 2 aromatic rings. The molecule has 0 radical (unpaired) electrons. The van der Waals surface area contributed by atoms with E-state index in [4.69, 9.17) is 11.6 Å². The molecule has 2 fully saturated rings. The van der Waals surface area contributed by atoms with Gasteiger partial charge in [0.25, 0.3) is 0 Å². The fourth-order valence-electron chi connectivity index (χ4n) is 3.59. The summed E-state index contributed by atoms with van der Waals surface area (Å²) in [7, 11) is 0. The molecule has 0 aliphatic carbocycles. The minimum atomic E-state index is -4.37. The van der Waals surface area contributed by atoms with Crippen molar-refractivity contribution in [3.8, 4) is 0 Å². The molecular formula is C16H15ClF3N5. The minimum Gasteiger partial charge on any atom is -0.354 e. The van der Waals surface area contributed by atoms with Gasteiger partial charge in [-0.15, -0.1) is 0 Å². The number of aromatic nitrogens is 3. The van der Waals surface area contributed by atoms with Crippen LogP contribution in [0.4, 0.5) is 24.9 Å². The monoisotopic (exact) mass is 369 g/mol. The Morgan fingerprint density at radius 3 is 2.44 bits per heavy atom. The van der Waals surface area contributed by atoms with Gasteiger partial charge in [-0.2, -0.15) is 13.2 Å². The zero-order valence-electron chi connectivity index (χ0n) is 13.1. The van der Waals surface area contributed by atoms with Crippen LogP contribution in [-0.4, -0.2) is 40.6 Å². The molecule has 0 amide bonds. The van der Waals surface area contributed by atoms with E-state index in [2.05, 4.69) is 19.9 Å². The van der Waals surface area contributed by atoms with Gasteiger partial charge in [0.2, 0.25) is 5.95 Å². The van der Waals surface area contributed by atoms with E-state index >= 15 is 0 Å². The Morgan fingerprint density at radius 1 is 1.04 bits per heavy atom. The van der Waals surface area contributed by atoms with Crippen LogP contribution in [0.25, 0.3) is 0 Å². The van der Waals surface area contributed by atoms with Crippen LogP contribution in [0.5, 0.6) is 0 Å². The van der Waals surface area contributed by atoms with Gasteiger partial charge in [0.05, 0.1) is 29.0 Å². The summed E-state index contributed by atoms with van der Waals surface area (Å²) < 4.78 is 38.0. The summed E-state index contributed by atoms with van der Waals surface area (Å²) in [5, 5.41) is 0.487. The Morgan fingerprint density at radius 2 is 1.80 bits per heavy atom. The third-order valence-corrected chi connectivity index (χ3v) is 5.01. The zero-order chi connectivity index (χ0) is 17.6. The molecule has 2 aliphatic rings. The highest BCUT2D eigenvalue weighted by Crippen LogP contribution is 2.36. The van der Waals surface area contributed by atoms with Crippen molar-refractivity contribution in [1.82, 2.24) is 15.0 Å². The van der Waals surface area contributed by atoms with Crippen LogP contribution in [0.15, 0.2) is 30.7 Å². The third-order valence-electron chi connectivity index (χ3n) is 4.81. The fourth-order valence-corrected chi connectivity index (χ4v) is 3.69. The van der Waals surface area contributed by atoms with Crippen LogP contribution < -0.4 is 9.80 Å². The number of nitrogens with zero attached hydrogens (tertiary/aromatic N) is 5. The number of hydrogen-bond acceptors (Lipinski definition) is 5. The van der Waals surface area contributed by atoms with Gasteiger partial charge in [-0.05, 0) is 18.6 Å². The van der Waals surface area contributed by atoms with Crippen LogP contribution in [0, 0.1) is 5.92 Å².